The third-order valence-corrected chi connectivity index (χ3v) is 6.09. The van der Waals surface area contributed by atoms with Crippen LogP contribution in [0.2, 0.25) is 0 Å². The molecule has 0 aromatic carbocycles. The van der Waals surface area contributed by atoms with Crippen LogP contribution in [-0.4, -0.2) is 66.5 Å². The van der Waals surface area contributed by atoms with Crippen LogP contribution in [0.3, 0.4) is 0 Å². The molecule has 0 amide bonds. The van der Waals surface area contributed by atoms with Crippen molar-refractivity contribution < 1.29 is 9.47 Å². The summed E-state index contributed by atoms with van der Waals surface area (Å²) in [5, 5.41) is 4.86. The van der Waals surface area contributed by atoms with E-state index < -0.39 is 0 Å². The molecular formula is C17H24N4O2S. The lowest BCUT2D eigenvalue weighted by Crippen LogP contribution is -2.50. The first-order chi connectivity index (χ1) is 11.8. The lowest BCUT2D eigenvalue weighted by atomic mass is 10.1. The van der Waals surface area contributed by atoms with Gasteiger partial charge in [0.1, 0.15) is 17.0 Å². The van der Waals surface area contributed by atoms with E-state index in [-0.39, 0.29) is 6.04 Å². The van der Waals surface area contributed by atoms with Crippen LogP contribution in [-0.2, 0) is 15.9 Å². The Morgan fingerprint density at radius 1 is 1.25 bits per heavy atom. The lowest BCUT2D eigenvalue weighted by molar-refractivity contribution is 0.0130. The molecule has 2 atom stereocenters. The molecule has 4 rings (SSSR count). The number of aromatic nitrogens is 2. The molecule has 4 heterocycles. The molecule has 2 aliphatic rings. The van der Waals surface area contributed by atoms with E-state index in [9.17, 15) is 0 Å². The summed E-state index contributed by atoms with van der Waals surface area (Å²) >= 11 is 1.75. The molecule has 130 valence electrons. The highest BCUT2D eigenvalue weighted by molar-refractivity contribution is 7.18. The van der Waals surface area contributed by atoms with Gasteiger partial charge in [0.2, 0.25) is 0 Å². The highest BCUT2D eigenvalue weighted by Gasteiger charge is 2.34. The van der Waals surface area contributed by atoms with Crippen molar-refractivity contribution in [1.29, 1.82) is 0 Å². The lowest BCUT2D eigenvalue weighted by Gasteiger charge is -2.34. The van der Waals surface area contributed by atoms with E-state index in [1.165, 1.54) is 15.8 Å². The number of thiophene rings is 1. The predicted molar refractivity (Wildman–Crippen MR) is 95.9 cm³/mol. The van der Waals surface area contributed by atoms with Crippen molar-refractivity contribution in [1.82, 2.24) is 14.9 Å². The van der Waals surface area contributed by atoms with Gasteiger partial charge in [-0.05, 0) is 18.9 Å². The van der Waals surface area contributed by atoms with Crippen LogP contribution in [0.15, 0.2) is 6.33 Å². The fourth-order valence-electron chi connectivity index (χ4n) is 3.76. The van der Waals surface area contributed by atoms with Gasteiger partial charge in [-0.1, -0.05) is 6.92 Å². The maximum Gasteiger partial charge on any atom is 0.138 e. The van der Waals surface area contributed by atoms with Crippen molar-refractivity contribution in [3.05, 3.63) is 16.8 Å². The Morgan fingerprint density at radius 3 is 2.88 bits per heavy atom. The second-order valence-corrected chi connectivity index (χ2v) is 7.60. The molecule has 24 heavy (non-hydrogen) atoms. The fourth-order valence-corrected chi connectivity index (χ4v) is 4.84. The molecule has 2 aromatic heterocycles. The number of ether oxygens (including phenoxy) is 2. The molecule has 2 aliphatic heterocycles. The normalized spacial score (nSPS) is 25.4. The quantitative estimate of drug-likeness (QED) is 0.913. The average molecular weight is 348 g/mol. The van der Waals surface area contributed by atoms with E-state index in [4.69, 9.17) is 9.47 Å². The van der Waals surface area contributed by atoms with E-state index in [1.54, 1.807) is 17.7 Å². The SMILES string of the molecule is CCc1c(C)sc2ncnc(N[C@H]3COC[C@@H]3N3CCOCC3)c12. The van der Waals surface area contributed by atoms with Gasteiger partial charge >= 0.3 is 0 Å². The topological polar surface area (TPSA) is 59.5 Å². The van der Waals surface area contributed by atoms with Gasteiger partial charge in [0.05, 0.1) is 43.9 Å². The Kier molecular flexibility index (Phi) is 4.67. The Hall–Kier alpha value is -1.28. The molecule has 0 aliphatic carbocycles. The second-order valence-electron chi connectivity index (χ2n) is 6.40. The third-order valence-electron chi connectivity index (χ3n) is 5.03. The van der Waals surface area contributed by atoms with Gasteiger partial charge in [-0.3, -0.25) is 4.90 Å². The van der Waals surface area contributed by atoms with E-state index in [0.29, 0.717) is 6.04 Å². The fraction of sp³-hybridized carbons (Fsp3) is 0.647. The smallest absolute Gasteiger partial charge is 0.138 e. The number of hydrogen-bond acceptors (Lipinski definition) is 7. The number of rotatable bonds is 4. The van der Waals surface area contributed by atoms with E-state index >= 15 is 0 Å². The van der Waals surface area contributed by atoms with Crippen molar-refractivity contribution in [2.45, 2.75) is 32.4 Å². The van der Waals surface area contributed by atoms with Crippen molar-refractivity contribution in [2.24, 2.45) is 0 Å². The summed E-state index contributed by atoms with van der Waals surface area (Å²) in [5.74, 6) is 0.954. The number of fused-ring (bicyclic) bond motifs is 1. The van der Waals surface area contributed by atoms with Crippen LogP contribution in [0.4, 0.5) is 5.82 Å². The van der Waals surface area contributed by atoms with Gasteiger partial charge < -0.3 is 14.8 Å². The second kappa shape index (κ2) is 6.92. The first kappa shape index (κ1) is 16.2. The highest BCUT2D eigenvalue weighted by atomic mass is 32.1. The van der Waals surface area contributed by atoms with Crippen LogP contribution in [0.1, 0.15) is 17.4 Å². The summed E-state index contributed by atoms with van der Waals surface area (Å²) in [4.78, 5) is 13.9. The van der Waals surface area contributed by atoms with E-state index in [2.05, 4.69) is 34.0 Å². The Labute approximate surface area is 146 Å². The summed E-state index contributed by atoms with van der Waals surface area (Å²) in [6, 6.07) is 0.634. The molecule has 0 unspecified atom stereocenters. The van der Waals surface area contributed by atoms with Gasteiger partial charge in [-0.25, -0.2) is 9.97 Å². The third kappa shape index (κ3) is 2.90. The highest BCUT2D eigenvalue weighted by Crippen LogP contribution is 2.34. The van der Waals surface area contributed by atoms with Crippen molar-refractivity contribution in [3.63, 3.8) is 0 Å². The monoisotopic (exact) mass is 348 g/mol. The molecule has 2 fully saturated rings. The van der Waals surface area contributed by atoms with Crippen molar-refractivity contribution in [2.75, 3.05) is 44.8 Å². The Bertz CT molecular complexity index is 714. The van der Waals surface area contributed by atoms with Crippen LogP contribution in [0, 0.1) is 6.92 Å². The molecule has 0 bridgehead atoms. The molecular weight excluding hydrogens is 324 g/mol. The standard InChI is InChI=1S/C17H24N4O2S/c1-3-12-11(2)24-17-15(12)16(18-10-19-17)20-13-8-23-9-14(13)21-4-6-22-7-5-21/h10,13-14H,3-9H2,1-2H3,(H,18,19,20)/t13-,14-/m0/s1. The summed E-state index contributed by atoms with van der Waals surface area (Å²) in [7, 11) is 0. The first-order valence-electron chi connectivity index (χ1n) is 8.67. The number of anilines is 1. The zero-order valence-corrected chi connectivity index (χ0v) is 15.1. The Balaban J connectivity index is 1.61. The largest absolute Gasteiger partial charge is 0.379 e. The number of hydrogen-bond donors (Lipinski definition) is 1. The summed E-state index contributed by atoms with van der Waals surface area (Å²) in [6.07, 6.45) is 2.67. The van der Waals surface area contributed by atoms with Crippen LogP contribution >= 0.6 is 11.3 Å². The summed E-state index contributed by atoms with van der Waals surface area (Å²) < 4.78 is 11.3. The molecule has 2 saturated heterocycles. The Morgan fingerprint density at radius 2 is 2.08 bits per heavy atom. The zero-order chi connectivity index (χ0) is 16.5. The predicted octanol–water partition coefficient (Wildman–Crippen LogP) is 2.07. The van der Waals surface area contributed by atoms with Gasteiger partial charge in [-0.2, -0.15) is 0 Å². The zero-order valence-electron chi connectivity index (χ0n) is 14.2. The van der Waals surface area contributed by atoms with Crippen molar-refractivity contribution in [3.8, 4) is 0 Å². The van der Waals surface area contributed by atoms with Crippen LogP contribution < -0.4 is 5.32 Å². The van der Waals surface area contributed by atoms with E-state index in [0.717, 1.165) is 56.6 Å². The minimum atomic E-state index is 0.256. The molecule has 0 radical (unpaired) electrons. The number of nitrogens with one attached hydrogen (secondary N) is 1. The number of nitrogens with zero attached hydrogens (tertiary/aromatic N) is 3. The van der Waals surface area contributed by atoms with Gasteiger partial charge in [-0.15, -0.1) is 11.3 Å². The summed E-state index contributed by atoms with van der Waals surface area (Å²) in [6.45, 7) is 9.43. The van der Waals surface area contributed by atoms with Crippen LogP contribution in [0.5, 0.6) is 0 Å². The number of morpholine rings is 1. The average Bonchev–Trinajstić information content (AvgIpc) is 3.19. The molecule has 0 spiro atoms. The molecule has 0 saturated carbocycles. The minimum Gasteiger partial charge on any atom is -0.379 e. The molecule has 7 heteroatoms. The van der Waals surface area contributed by atoms with Crippen molar-refractivity contribution >= 4 is 27.4 Å². The van der Waals surface area contributed by atoms with E-state index in [1.807, 2.05) is 0 Å². The van der Waals surface area contributed by atoms with Gasteiger partial charge in [0.15, 0.2) is 0 Å². The maximum absolute atomic E-state index is 5.78. The first-order valence-corrected chi connectivity index (χ1v) is 9.48. The molecule has 6 nitrogen and oxygen atoms in total. The maximum atomic E-state index is 5.78. The minimum absolute atomic E-state index is 0.256. The van der Waals surface area contributed by atoms with Gasteiger partial charge in [0, 0.05) is 18.0 Å². The molecule has 1 N–H and O–H groups in total. The number of aryl methyl sites for hydroxylation is 2. The van der Waals surface area contributed by atoms with Gasteiger partial charge in [0.25, 0.3) is 0 Å². The van der Waals surface area contributed by atoms with Crippen LogP contribution in [0.25, 0.3) is 10.2 Å². The molecule has 2 aromatic rings. The summed E-state index contributed by atoms with van der Waals surface area (Å²) in [5.41, 5.74) is 1.36.